The predicted molar refractivity (Wildman–Crippen MR) is 144 cm³/mol. The van der Waals surface area contributed by atoms with Gasteiger partial charge in [0.25, 0.3) is 15.2 Å². The van der Waals surface area contributed by atoms with E-state index in [1.807, 2.05) is 90.6 Å². The van der Waals surface area contributed by atoms with Gasteiger partial charge in [-0.1, -0.05) is 34.1 Å². The molecule has 0 aromatic carbocycles. The molecule has 0 fully saturated rings. The van der Waals surface area contributed by atoms with Crippen LogP contribution in [0.3, 0.4) is 0 Å². The number of unbranched alkanes of at least 4 members (excludes halogenated alkanes) is 1. The molecule has 0 spiro atoms. The zero-order chi connectivity index (χ0) is 26.7. The first kappa shape index (κ1) is 40.9. The van der Waals surface area contributed by atoms with Gasteiger partial charge in [0.2, 0.25) is 0 Å². The van der Waals surface area contributed by atoms with Crippen molar-refractivity contribution in [1.29, 1.82) is 0 Å². The Balaban J connectivity index is -0.000000189. The van der Waals surface area contributed by atoms with Crippen LogP contribution in [0.1, 0.15) is 40.5 Å². The minimum absolute atomic E-state index is 0. The van der Waals surface area contributed by atoms with Crippen molar-refractivity contribution in [3.05, 3.63) is 17.5 Å². The molecule has 0 amide bonds. The molecule has 0 aromatic rings. The maximum absolute atomic E-state index is 12.1. The summed E-state index contributed by atoms with van der Waals surface area (Å²) >= 11 is 0. The number of nitrogens with one attached hydrogen (secondary N) is 1. The number of hydrogen-bond acceptors (Lipinski definition) is 2. The molecule has 0 unspecified atom stereocenters. The van der Waals surface area contributed by atoms with E-state index in [0.29, 0.717) is 0 Å². The van der Waals surface area contributed by atoms with Crippen LogP contribution in [0.2, 0.25) is 0 Å². The molecular formula is C21H54N7NaO2P2. The van der Waals surface area contributed by atoms with Gasteiger partial charge in [-0.05, 0) is 96.4 Å². The monoisotopic (exact) mass is 521 g/mol. The second-order valence-corrected chi connectivity index (χ2v) is 16.6. The third-order valence-corrected chi connectivity index (χ3v) is 10.8. The first-order valence-corrected chi connectivity index (χ1v) is 14.0. The number of allylic oxidation sites excluding steroid dienone is 2. The molecular weight excluding hydrogens is 467 g/mol. The molecule has 0 aliphatic carbocycles. The Morgan fingerprint density at radius 1 is 0.667 bits per heavy atom. The van der Waals surface area contributed by atoms with E-state index in [0.717, 1.165) is 18.5 Å². The fraction of sp³-hybridized carbons (Fsp3) is 0.905. The van der Waals surface area contributed by atoms with Gasteiger partial charge in [-0.15, -0.1) is 6.08 Å². The van der Waals surface area contributed by atoms with Gasteiger partial charge in [-0.2, -0.15) is 5.70 Å². The summed E-state index contributed by atoms with van der Waals surface area (Å²) in [5, 5.41) is 0. The van der Waals surface area contributed by atoms with E-state index in [9.17, 15) is 9.13 Å². The summed E-state index contributed by atoms with van der Waals surface area (Å²) in [5.41, 5.74) is 8.38. The van der Waals surface area contributed by atoms with E-state index < -0.39 is 15.2 Å². The Morgan fingerprint density at radius 3 is 0.970 bits per heavy atom. The van der Waals surface area contributed by atoms with Gasteiger partial charge in [0.1, 0.15) is 0 Å². The molecule has 0 aromatic heterocycles. The topological polar surface area (TPSA) is 77.4 Å². The van der Waals surface area contributed by atoms with E-state index in [1.165, 1.54) is 0 Å². The third kappa shape index (κ3) is 14.2. The molecule has 9 nitrogen and oxygen atoms in total. The van der Waals surface area contributed by atoms with Gasteiger partial charge in [0, 0.05) is 0 Å². The average Bonchev–Trinajstić information content (AvgIpc) is 2.63. The van der Waals surface area contributed by atoms with Crippen LogP contribution in [-0.2, 0) is 9.13 Å². The quantitative estimate of drug-likeness (QED) is 0.356. The predicted octanol–water partition coefficient (Wildman–Crippen LogP) is 2.33. The Morgan fingerprint density at radius 2 is 0.879 bits per heavy atom. The smallest absolute Gasteiger partial charge is 0.702 e. The minimum atomic E-state index is -2.44. The Kier molecular flexibility index (Phi) is 22.4. The van der Waals surface area contributed by atoms with Crippen LogP contribution < -0.4 is 29.6 Å². The summed E-state index contributed by atoms with van der Waals surface area (Å²) < 4.78 is 34.6. The van der Waals surface area contributed by atoms with Gasteiger partial charge in [-0.3, -0.25) is 9.13 Å². The molecule has 33 heavy (non-hydrogen) atoms. The summed E-state index contributed by atoms with van der Waals surface area (Å²) in [6.07, 6.45) is 4.19. The van der Waals surface area contributed by atoms with Crippen molar-refractivity contribution in [3.8, 4) is 0 Å². The minimum Gasteiger partial charge on any atom is -0.702 e. The van der Waals surface area contributed by atoms with Crippen LogP contribution in [0.15, 0.2) is 11.8 Å². The van der Waals surface area contributed by atoms with Crippen LogP contribution in [0.25, 0.3) is 5.73 Å². The second kappa shape index (κ2) is 18.1. The van der Waals surface area contributed by atoms with Crippen LogP contribution >= 0.6 is 15.2 Å². The van der Waals surface area contributed by atoms with Crippen LogP contribution in [0.5, 0.6) is 0 Å². The summed E-state index contributed by atoms with van der Waals surface area (Å²) in [7, 11) is 17.0. The normalized spacial score (nSPS) is 13.2. The maximum Gasteiger partial charge on any atom is 1.00 e. The van der Waals surface area contributed by atoms with Gasteiger partial charge in [-0.25, -0.2) is 28.0 Å². The van der Waals surface area contributed by atoms with Crippen LogP contribution in [0, 0.1) is 5.41 Å². The van der Waals surface area contributed by atoms with Crippen molar-refractivity contribution in [2.24, 2.45) is 5.41 Å². The zero-order valence-electron chi connectivity index (χ0n) is 24.9. The molecule has 0 atom stereocenters. The summed E-state index contributed by atoms with van der Waals surface area (Å²) in [6, 6.07) is 0. The molecule has 0 saturated heterocycles. The van der Waals surface area contributed by atoms with Crippen molar-refractivity contribution in [2.45, 2.75) is 40.5 Å². The molecule has 0 aliphatic heterocycles. The summed E-state index contributed by atoms with van der Waals surface area (Å²) in [4.78, 5) is 0. The van der Waals surface area contributed by atoms with Crippen molar-refractivity contribution >= 4 is 15.2 Å². The Bertz CT molecular complexity index is 538. The van der Waals surface area contributed by atoms with E-state index in [2.05, 4.69) is 27.7 Å². The fourth-order valence-electron chi connectivity index (χ4n) is 2.74. The van der Waals surface area contributed by atoms with Crippen molar-refractivity contribution in [2.75, 3.05) is 84.6 Å². The van der Waals surface area contributed by atoms with Gasteiger partial charge < -0.3 is 5.73 Å². The first-order valence-electron chi connectivity index (χ1n) is 10.8. The maximum atomic E-state index is 12.1. The largest absolute Gasteiger partial charge is 1.00 e. The molecule has 0 heterocycles. The molecule has 12 heteroatoms. The molecule has 0 saturated carbocycles. The van der Waals surface area contributed by atoms with Crippen molar-refractivity contribution < 1.29 is 38.7 Å². The van der Waals surface area contributed by atoms with Gasteiger partial charge in [0.05, 0.1) is 0 Å². The number of hydrogen-bond donors (Lipinski definition) is 0. The molecule has 0 rings (SSSR count). The molecule has 0 radical (unpaired) electrons. The van der Waals surface area contributed by atoms with Gasteiger partial charge in [0.15, 0.2) is 0 Å². The van der Waals surface area contributed by atoms with Crippen LogP contribution in [0.4, 0.5) is 0 Å². The standard InChI is InChI=1S/C9H18N.2C6H18N3OP.Na/c1-5-6-7-8(10)9(2,3)4;2*1-7(2)11(10,8(3)4)9(5)6;/h7,10H,5-6H2,1-4H3;2*1-6H3;/q-1;;;+1/b8-7-;;;. The average molecular weight is 522 g/mol. The van der Waals surface area contributed by atoms with Gasteiger partial charge >= 0.3 is 29.6 Å². The summed E-state index contributed by atoms with van der Waals surface area (Å²) in [6.45, 7) is 8.34. The second-order valence-electron chi connectivity index (χ2n) is 9.77. The van der Waals surface area contributed by atoms with E-state index in [1.54, 1.807) is 28.0 Å². The molecule has 196 valence electrons. The van der Waals surface area contributed by atoms with Crippen LogP contribution in [-0.4, -0.2) is 113 Å². The zero-order valence-corrected chi connectivity index (χ0v) is 28.7. The molecule has 0 aliphatic rings. The van der Waals surface area contributed by atoms with Crippen molar-refractivity contribution in [3.63, 3.8) is 0 Å². The fourth-order valence-corrected chi connectivity index (χ4v) is 7.03. The van der Waals surface area contributed by atoms with Crippen molar-refractivity contribution in [1.82, 2.24) is 28.0 Å². The first-order chi connectivity index (χ1) is 14.1. The number of nitrogens with zero attached hydrogens (tertiary/aromatic N) is 6. The Labute approximate surface area is 229 Å². The Hall–Kier alpha value is 0.760. The third-order valence-electron chi connectivity index (χ3n) is 4.57. The van der Waals surface area contributed by atoms with E-state index in [-0.39, 0.29) is 35.0 Å². The molecule has 1 N–H and O–H groups in total. The SMILES string of the molecule is CCC/C=C(\[NH-])C(C)(C)C.CN(C)P(=O)(N(C)C)N(C)C.CN(C)P(=O)(N(C)C)N(C)C.[Na+]. The van der Waals surface area contributed by atoms with E-state index >= 15 is 0 Å². The molecule has 0 bridgehead atoms. The number of rotatable bonds is 8. The van der Waals surface area contributed by atoms with E-state index in [4.69, 9.17) is 5.73 Å². The summed E-state index contributed by atoms with van der Waals surface area (Å²) in [5.74, 6) is 0.